The number of unbranched alkanes of at least 4 members (excludes halogenated alkanes) is 2. The molecule has 0 aromatic carbocycles. The average Bonchev–Trinajstić information content (AvgIpc) is 3.20. The van der Waals surface area contributed by atoms with E-state index in [0.717, 1.165) is 6.61 Å². The molecule has 2 atom stereocenters. The second-order valence-electron chi connectivity index (χ2n) is 4.68. The summed E-state index contributed by atoms with van der Waals surface area (Å²) < 4.78 is 9.11. The number of carbonyl (C=O) groups excluding carboxylic acids is 1. The van der Waals surface area contributed by atoms with Gasteiger partial charge < -0.3 is 9.47 Å². The van der Waals surface area contributed by atoms with E-state index in [0.29, 0.717) is 12.7 Å². The van der Waals surface area contributed by atoms with Gasteiger partial charge in [0.2, 0.25) is 0 Å². The molecule has 2 heterocycles. The number of hydrogen-bond donors (Lipinski definition) is 0. The number of cyclic esters (lactones) is 1. The summed E-state index contributed by atoms with van der Waals surface area (Å²) in [6, 6.07) is 0. The van der Waals surface area contributed by atoms with Crippen molar-refractivity contribution in [1.82, 2.24) is 0 Å². The van der Waals surface area contributed by atoms with Crippen LogP contribution in [0.2, 0.25) is 0 Å². The van der Waals surface area contributed by atoms with E-state index < -0.39 is 0 Å². The molecule has 0 amide bonds. The first-order chi connectivity index (χ1) is 8.53. The van der Waals surface area contributed by atoms with Crippen molar-refractivity contribution in [3.8, 4) is 0 Å². The zero-order valence-corrected chi connectivity index (χ0v) is 13.1. The maximum Gasteiger partial charge on any atom is 0.312 e. The van der Waals surface area contributed by atoms with Gasteiger partial charge in [0, 0.05) is 0 Å². The molecular weight excluding hydrogens is 228 g/mol. The highest BCUT2D eigenvalue weighted by atomic mass is 16.6. The molecule has 0 N–H and O–H groups in total. The summed E-state index contributed by atoms with van der Waals surface area (Å²) >= 11 is 0. The van der Waals surface area contributed by atoms with Crippen molar-refractivity contribution in [2.45, 2.75) is 73.3 Å². The fourth-order valence-corrected chi connectivity index (χ4v) is 0.414. The molecule has 0 spiro atoms. The Bertz CT molecular complexity index is 169. The van der Waals surface area contributed by atoms with Crippen LogP contribution in [0, 0.1) is 5.92 Å². The second-order valence-corrected chi connectivity index (χ2v) is 4.68. The van der Waals surface area contributed by atoms with Crippen molar-refractivity contribution < 1.29 is 14.3 Å². The second kappa shape index (κ2) is 14.5. The summed E-state index contributed by atoms with van der Waals surface area (Å²) in [7, 11) is 0. The molecular formula is C15H32O3. The number of ether oxygens (including phenoxy) is 2. The van der Waals surface area contributed by atoms with Gasteiger partial charge in [-0.05, 0) is 13.8 Å². The molecule has 0 aromatic heterocycles. The van der Waals surface area contributed by atoms with Gasteiger partial charge in [-0.15, -0.1) is 0 Å². The van der Waals surface area contributed by atoms with Crippen molar-refractivity contribution in [2.75, 3.05) is 13.2 Å². The monoisotopic (exact) mass is 260 g/mol. The average molecular weight is 260 g/mol. The van der Waals surface area contributed by atoms with Crippen molar-refractivity contribution >= 4 is 5.97 Å². The molecule has 2 unspecified atom stereocenters. The Balaban J connectivity index is 0. The van der Waals surface area contributed by atoms with E-state index in [1.165, 1.54) is 25.7 Å². The highest BCUT2D eigenvalue weighted by molar-refractivity contribution is 5.76. The van der Waals surface area contributed by atoms with E-state index in [2.05, 4.69) is 39.4 Å². The van der Waals surface area contributed by atoms with Gasteiger partial charge in [0.1, 0.15) is 6.61 Å². The minimum atomic E-state index is -0.0602. The Morgan fingerprint density at radius 2 is 1.22 bits per heavy atom. The van der Waals surface area contributed by atoms with Gasteiger partial charge in [-0.25, -0.2) is 0 Å². The van der Waals surface area contributed by atoms with Gasteiger partial charge in [0.05, 0.1) is 18.6 Å². The summed E-state index contributed by atoms with van der Waals surface area (Å²) in [5.41, 5.74) is 0. The van der Waals surface area contributed by atoms with E-state index >= 15 is 0 Å². The highest BCUT2D eigenvalue weighted by Crippen LogP contribution is 2.08. The Hall–Kier alpha value is -0.570. The van der Waals surface area contributed by atoms with E-state index in [1.807, 2.05) is 6.92 Å². The van der Waals surface area contributed by atoms with Gasteiger partial charge in [-0.3, -0.25) is 4.79 Å². The summed E-state index contributed by atoms with van der Waals surface area (Å²) in [6.07, 6.45) is 5.86. The van der Waals surface area contributed by atoms with Gasteiger partial charge >= 0.3 is 5.97 Å². The summed E-state index contributed by atoms with van der Waals surface area (Å²) in [6.45, 7) is 14.2. The molecule has 2 aliphatic heterocycles. The Kier molecular flexibility index (Phi) is 15.9. The largest absolute Gasteiger partial charge is 0.464 e. The first-order valence-corrected chi connectivity index (χ1v) is 7.31. The summed E-state index contributed by atoms with van der Waals surface area (Å²) in [5.74, 6) is 0.111. The third-order valence-corrected chi connectivity index (χ3v) is 2.38. The van der Waals surface area contributed by atoms with Crippen molar-refractivity contribution in [1.29, 1.82) is 0 Å². The van der Waals surface area contributed by atoms with Crippen LogP contribution in [0.3, 0.4) is 0 Å². The Morgan fingerprint density at radius 3 is 1.22 bits per heavy atom. The van der Waals surface area contributed by atoms with E-state index in [1.54, 1.807) is 0 Å². The highest BCUT2D eigenvalue weighted by Gasteiger charge is 2.24. The molecule has 2 saturated heterocycles. The number of hydrogen-bond acceptors (Lipinski definition) is 3. The van der Waals surface area contributed by atoms with Crippen LogP contribution in [0.1, 0.15) is 67.2 Å². The van der Waals surface area contributed by atoms with Crippen molar-refractivity contribution in [2.24, 2.45) is 5.92 Å². The third kappa shape index (κ3) is 17.8. The molecule has 2 aliphatic rings. The number of epoxide rings is 1. The predicted molar refractivity (Wildman–Crippen MR) is 76.7 cm³/mol. The van der Waals surface area contributed by atoms with E-state index in [4.69, 9.17) is 4.74 Å². The van der Waals surface area contributed by atoms with E-state index in [-0.39, 0.29) is 11.9 Å². The lowest BCUT2D eigenvalue weighted by molar-refractivity contribution is -0.166. The molecule has 0 aliphatic carbocycles. The molecule has 0 radical (unpaired) electrons. The SMILES string of the molecule is CC1CO1.CC1COC1=O.CCCC.CCCC. The lowest BCUT2D eigenvalue weighted by Gasteiger charge is -2.19. The lowest BCUT2D eigenvalue weighted by atomic mass is 10.1. The van der Waals surface area contributed by atoms with Crippen molar-refractivity contribution in [3.63, 3.8) is 0 Å². The van der Waals surface area contributed by atoms with Gasteiger partial charge in [0.15, 0.2) is 0 Å². The smallest absolute Gasteiger partial charge is 0.312 e. The van der Waals surface area contributed by atoms with Crippen LogP contribution in [-0.2, 0) is 14.3 Å². The minimum Gasteiger partial charge on any atom is -0.464 e. The van der Waals surface area contributed by atoms with Crippen LogP contribution in [0.25, 0.3) is 0 Å². The standard InChI is InChI=1S/C4H6O2.2C4H10.C3H6O/c1-3-2-6-4(3)5;2*1-3-4-2;1-3-2-4-3/h3H,2H2,1H3;2*3-4H2,1-2H3;3H,2H2,1H3. The van der Waals surface area contributed by atoms with Crippen LogP contribution in [0.15, 0.2) is 0 Å². The number of esters is 1. The number of carbonyl (C=O) groups is 1. The fourth-order valence-electron chi connectivity index (χ4n) is 0.414. The van der Waals surface area contributed by atoms with Gasteiger partial charge in [-0.2, -0.15) is 0 Å². The van der Waals surface area contributed by atoms with Crippen molar-refractivity contribution in [3.05, 3.63) is 0 Å². The maximum absolute atomic E-state index is 10.0. The molecule has 2 rings (SSSR count). The van der Waals surface area contributed by atoms with E-state index in [9.17, 15) is 4.79 Å². The molecule has 3 heteroatoms. The molecule has 3 nitrogen and oxygen atoms in total. The normalized spacial score (nSPS) is 22.7. The van der Waals surface area contributed by atoms with Gasteiger partial charge in [0.25, 0.3) is 0 Å². The predicted octanol–water partition coefficient (Wildman–Crippen LogP) is 4.20. The number of rotatable bonds is 2. The first-order valence-electron chi connectivity index (χ1n) is 7.31. The molecule has 0 bridgehead atoms. The van der Waals surface area contributed by atoms with Gasteiger partial charge in [-0.1, -0.05) is 53.4 Å². The molecule has 0 saturated carbocycles. The zero-order chi connectivity index (χ0) is 14.4. The van der Waals surface area contributed by atoms with Crippen LogP contribution in [0.5, 0.6) is 0 Å². The molecule has 110 valence electrons. The Morgan fingerprint density at radius 1 is 0.944 bits per heavy atom. The lowest BCUT2D eigenvalue weighted by Crippen LogP contribution is -2.31. The van der Waals surface area contributed by atoms with Crippen LogP contribution < -0.4 is 0 Å². The zero-order valence-electron chi connectivity index (χ0n) is 13.1. The summed E-state index contributed by atoms with van der Waals surface area (Å²) in [5, 5.41) is 0. The molecule has 18 heavy (non-hydrogen) atoms. The first kappa shape index (κ1) is 19.8. The molecule has 2 fully saturated rings. The third-order valence-electron chi connectivity index (χ3n) is 2.38. The summed E-state index contributed by atoms with van der Waals surface area (Å²) in [4.78, 5) is 10.0. The maximum atomic E-state index is 10.0. The Labute approximate surface area is 113 Å². The fraction of sp³-hybridized carbons (Fsp3) is 0.933. The topological polar surface area (TPSA) is 38.8 Å². The van der Waals surface area contributed by atoms with Crippen LogP contribution >= 0.6 is 0 Å². The quantitative estimate of drug-likeness (QED) is 0.552. The van der Waals surface area contributed by atoms with Crippen LogP contribution in [-0.4, -0.2) is 25.3 Å². The minimum absolute atomic E-state index is 0.0602. The molecule has 0 aromatic rings. The van der Waals surface area contributed by atoms with Crippen LogP contribution in [0.4, 0.5) is 0 Å².